The lowest BCUT2D eigenvalue weighted by atomic mass is 9.92. The normalized spacial score (nSPS) is 19.6. The predicted molar refractivity (Wildman–Crippen MR) is 66.8 cm³/mol. The minimum absolute atomic E-state index is 0.00912. The molecular weight excluding hydrogens is 218 g/mol. The lowest BCUT2D eigenvalue weighted by molar-refractivity contribution is -0.135. The Balaban J connectivity index is 2.76. The van der Waals surface area contributed by atoms with Crippen molar-refractivity contribution in [3.05, 3.63) is 0 Å². The Morgan fingerprint density at radius 2 is 1.94 bits per heavy atom. The average molecular weight is 241 g/mol. The summed E-state index contributed by atoms with van der Waals surface area (Å²) in [5, 5.41) is 11.7. The summed E-state index contributed by atoms with van der Waals surface area (Å²) in [7, 11) is 1.82. The maximum atomic E-state index is 12.3. The average Bonchev–Trinajstić information content (AvgIpc) is 2.80. The molecule has 0 aliphatic heterocycles. The molecule has 1 saturated carbocycles. The molecule has 0 spiro atoms. The molecule has 0 saturated heterocycles. The fourth-order valence-electron chi connectivity index (χ4n) is 2.51. The molecule has 0 radical (unpaired) electrons. The van der Waals surface area contributed by atoms with Gasteiger partial charge in [0, 0.05) is 13.1 Å². The number of nitrogens with zero attached hydrogens (tertiary/aromatic N) is 2. The molecule has 17 heavy (non-hydrogen) atoms. The van der Waals surface area contributed by atoms with E-state index in [0.29, 0.717) is 6.04 Å². The van der Waals surface area contributed by atoms with Gasteiger partial charge in [-0.05, 0) is 18.8 Å². The Bertz CT molecular complexity index is 296. The van der Waals surface area contributed by atoms with Crippen LogP contribution in [0.15, 0.2) is 5.16 Å². The van der Waals surface area contributed by atoms with Crippen molar-refractivity contribution in [1.29, 1.82) is 0 Å². The number of rotatable bonds is 4. The molecule has 98 valence electrons. The summed E-state index contributed by atoms with van der Waals surface area (Å²) in [6.07, 6.45) is 4.48. The van der Waals surface area contributed by atoms with Crippen LogP contribution in [0.3, 0.4) is 0 Å². The zero-order valence-electron chi connectivity index (χ0n) is 10.9. The third kappa shape index (κ3) is 3.11. The Labute approximate surface area is 103 Å². The summed E-state index contributed by atoms with van der Waals surface area (Å²) < 4.78 is 0. The van der Waals surface area contributed by atoms with Crippen LogP contribution < -0.4 is 5.73 Å². The molecule has 0 aromatic rings. The number of oxime groups is 1. The minimum Gasteiger partial charge on any atom is -0.409 e. The molecular formula is C12H23N3O2. The molecule has 1 unspecified atom stereocenters. The van der Waals surface area contributed by atoms with Gasteiger partial charge in [0.1, 0.15) is 5.92 Å². The lowest BCUT2D eigenvalue weighted by Crippen LogP contribution is -2.46. The smallest absolute Gasteiger partial charge is 0.233 e. The van der Waals surface area contributed by atoms with E-state index in [1.807, 2.05) is 20.9 Å². The molecule has 5 nitrogen and oxygen atoms in total. The van der Waals surface area contributed by atoms with Gasteiger partial charge in [-0.3, -0.25) is 4.79 Å². The lowest BCUT2D eigenvalue weighted by Gasteiger charge is -2.29. The van der Waals surface area contributed by atoms with E-state index in [1.165, 1.54) is 12.8 Å². The van der Waals surface area contributed by atoms with Crippen molar-refractivity contribution in [1.82, 2.24) is 4.90 Å². The van der Waals surface area contributed by atoms with Crippen LogP contribution in [-0.2, 0) is 4.79 Å². The highest BCUT2D eigenvalue weighted by Gasteiger charge is 2.33. The first-order chi connectivity index (χ1) is 7.99. The van der Waals surface area contributed by atoms with Gasteiger partial charge in [0.15, 0.2) is 5.84 Å². The summed E-state index contributed by atoms with van der Waals surface area (Å²) in [5.41, 5.74) is 5.61. The third-order valence-corrected chi connectivity index (χ3v) is 3.59. The molecule has 1 rings (SSSR count). The molecule has 5 heteroatoms. The van der Waals surface area contributed by atoms with Crippen LogP contribution in [0, 0.1) is 11.8 Å². The van der Waals surface area contributed by atoms with Gasteiger partial charge in [-0.15, -0.1) is 0 Å². The Morgan fingerprint density at radius 1 is 1.41 bits per heavy atom. The fourth-order valence-corrected chi connectivity index (χ4v) is 2.51. The monoisotopic (exact) mass is 241 g/mol. The molecule has 0 heterocycles. The number of carbonyl (C=O) groups excluding carboxylic acids is 1. The number of amides is 1. The van der Waals surface area contributed by atoms with Gasteiger partial charge in [0.25, 0.3) is 0 Å². The van der Waals surface area contributed by atoms with Crippen molar-refractivity contribution in [2.24, 2.45) is 22.7 Å². The molecule has 3 N–H and O–H groups in total. The molecule has 0 aromatic carbocycles. The van der Waals surface area contributed by atoms with Gasteiger partial charge in [0.05, 0.1) is 0 Å². The van der Waals surface area contributed by atoms with E-state index in [1.54, 1.807) is 4.90 Å². The Morgan fingerprint density at radius 3 is 2.35 bits per heavy atom. The van der Waals surface area contributed by atoms with Gasteiger partial charge < -0.3 is 15.8 Å². The van der Waals surface area contributed by atoms with Crippen molar-refractivity contribution < 1.29 is 10.0 Å². The van der Waals surface area contributed by atoms with Crippen LogP contribution in [0.5, 0.6) is 0 Å². The topological polar surface area (TPSA) is 78.9 Å². The zero-order valence-corrected chi connectivity index (χ0v) is 10.9. The predicted octanol–water partition coefficient (Wildman–Crippen LogP) is 1.41. The highest BCUT2D eigenvalue weighted by molar-refractivity contribution is 6.02. The summed E-state index contributed by atoms with van der Waals surface area (Å²) in [4.78, 5) is 14.1. The number of hydrogen-bond acceptors (Lipinski definition) is 3. The molecule has 0 bridgehead atoms. The molecule has 1 amide bonds. The largest absolute Gasteiger partial charge is 0.409 e. The van der Waals surface area contributed by atoms with Crippen LogP contribution in [0.1, 0.15) is 39.5 Å². The summed E-state index contributed by atoms with van der Waals surface area (Å²) in [6, 6.07) is 0.315. The van der Waals surface area contributed by atoms with Gasteiger partial charge >= 0.3 is 0 Å². The van der Waals surface area contributed by atoms with Crippen molar-refractivity contribution in [2.75, 3.05) is 7.05 Å². The van der Waals surface area contributed by atoms with Crippen LogP contribution in [0.2, 0.25) is 0 Å². The molecule has 1 aliphatic rings. The number of amidine groups is 1. The summed E-state index contributed by atoms with van der Waals surface area (Å²) >= 11 is 0. The first-order valence-corrected chi connectivity index (χ1v) is 6.23. The van der Waals surface area contributed by atoms with Gasteiger partial charge in [0.2, 0.25) is 5.91 Å². The van der Waals surface area contributed by atoms with E-state index in [9.17, 15) is 4.79 Å². The van der Waals surface area contributed by atoms with E-state index in [2.05, 4.69) is 5.16 Å². The molecule has 0 aromatic heterocycles. The van der Waals surface area contributed by atoms with Crippen LogP contribution in [0.4, 0.5) is 0 Å². The maximum absolute atomic E-state index is 12.3. The highest BCUT2D eigenvalue weighted by Crippen LogP contribution is 2.25. The molecule has 1 aliphatic carbocycles. The standard InChI is InChI=1S/C12H23N3O2/c1-8(2)10(11(13)14-17)12(16)15(3)9-6-4-5-7-9/h8-10,17H,4-7H2,1-3H3,(H2,13,14). The SMILES string of the molecule is CC(C)C(C(=O)N(C)C1CCCC1)C(N)=NO. The first kappa shape index (κ1) is 13.8. The number of carbonyl (C=O) groups is 1. The van der Waals surface area contributed by atoms with Crippen LogP contribution in [0.25, 0.3) is 0 Å². The second-order valence-corrected chi connectivity index (χ2v) is 5.13. The number of nitrogens with two attached hydrogens (primary N) is 1. The van der Waals surface area contributed by atoms with Crippen molar-refractivity contribution in [3.63, 3.8) is 0 Å². The van der Waals surface area contributed by atoms with Gasteiger partial charge in [-0.2, -0.15) is 0 Å². The second-order valence-electron chi connectivity index (χ2n) is 5.13. The highest BCUT2D eigenvalue weighted by atomic mass is 16.4. The zero-order chi connectivity index (χ0) is 13.0. The first-order valence-electron chi connectivity index (χ1n) is 6.23. The minimum atomic E-state index is -0.523. The van der Waals surface area contributed by atoms with Crippen LogP contribution >= 0.6 is 0 Å². The van der Waals surface area contributed by atoms with E-state index < -0.39 is 5.92 Å². The Kier molecular flexibility index (Phi) is 4.78. The van der Waals surface area contributed by atoms with Crippen molar-refractivity contribution in [3.8, 4) is 0 Å². The molecule has 1 fully saturated rings. The second kappa shape index (κ2) is 5.89. The van der Waals surface area contributed by atoms with E-state index in [4.69, 9.17) is 10.9 Å². The molecule has 1 atom stereocenters. The summed E-state index contributed by atoms with van der Waals surface area (Å²) in [6.45, 7) is 3.81. The van der Waals surface area contributed by atoms with Gasteiger partial charge in [-0.1, -0.05) is 31.8 Å². The quantitative estimate of drug-likeness (QED) is 0.338. The van der Waals surface area contributed by atoms with Gasteiger partial charge in [-0.25, -0.2) is 0 Å². The van der Waals surface area contributed by atoms with Crippen molar-refractivity contribution >= 4 is 11.7 Å². The van der Waals surface area contributed by atoms with E-state index in [-0.39, 0.29) is 17.7 Å². The fraction of sp³-hybridized carbons (Fsp3) is 0.833. The third-order valence-electron chi connectivity index (χ3n) is 3.59. The van der Waals surface area contributed by atoms with Crippen LogP contribution in [-0.4, -0.2) is 34.9 Å². The van der Waals surface area contributed by atoms with Crippen molar-refractivity contribution in [2.45, 2.75) is 45.6 Å². The van der Waals surface area contributed by atoms with E-state index in [0.717, 1.165) is 12.8 Å². The Hall–Kier alpha value is -1.26. The summed E-state index contributed by atoms with van der Waals surface area (Å²) in [5.74, 6) is -0.523. The van der Waals surface area contributed by atoms with E-state index >= 15 is 0 Å². The number of hydrogen-bond donors (Lipinski definition) is 2. The maximum Gasteiger partial charge on any atom is 0.233 e.